The van der Waals surface area contributed by atoms with E-state index in [1.165, 1.54) is 0 Å². The van der Waals surface area contributed by atoms with Gasteiger partial charge in [0.15, 0.2) is 0 Å². The van der Waals surface area contributed by atoms with Crippen molar-refractivity contribution in [1.82, 2.24) is 14.9 Å². The van der Waals surface area contributed by atoms with Gasteiger partial charge in [0, 0.05) is 37.9 Å². The Balaban J connectivity index is 2.15. The number of rotatable bonds is 5. The molecule has 1 aromatic rings. The van der Waals surface area contributed by atoms with Crippen LogP contribution in [0, 0.1) is 0 Å². The van der Waals surface area contributed by atoms with Crippen LogP contribution in [0.25, 0.3) is 0 Å². The van der Waals surface area contributed by atoms with Gasteiger partial charge < -0.3 is 15.6 Å². The molecule has 1 heterocycles. The van der Waals surface area contributed by atoms with Crippen molar-refractivity contribution in [3.63, 3.8) is 0 Å². The molecule has 1 aromatic heterocycles. The second kappa shape index (κ2) is 5.39. The third kappa shape index (κ3) is 4.04. The number of hydrogen-bond donors (Lipinski definition) is 2. The van der Waals surface area contributed by atoms with Crippen molar-refractivity contribution >= 4 is 5.91 Å². The highest BCUT2D eigenvalue weighted by atomic mass is 16.1. The first-order chi connectivity index (χ1) is 6.68. The number of aryl methyl sites for hydroxylation is 1. The number of hydrogen-bond acceptors (Lipinski definition) is 3. The Morgan fingerprint density at radius 3 is 3.07 bits per heavy atom. The van der Waals surface area contributed by atoms with E-state index in [1.54, 1.807) is 12.5 Å². The van der Waals surface area contributed by atoms with Crippen LogP contribution in [0.15, 0.2) is 18.7 Å². The first kappa shape index (κ1) is 10.7. The zero-order valence-electron chi connectivity index (χ0n) is 8.31. The van der Waals surface area contributed by atoms with Gasteiger partial charge in [0.1, 0.15) is 0 Å². The smallest absolute Gasteiger partial charge is 0.221 e. The molecule has 0 aromatic carbocycles. The van der Waals surface area contributed by atoms with E-state index < -0.39 is 0 Å². The fourth-order valence-electron chi connectivity index (χ4n) is 1.01. The van der Waals surface area contributed by atoms with Crippen molar-refractivity contribution < 1.29 is 4.79 Å². The molecule has 0 aliphatic rings. The molecule has 1 atom stereocenters. The summed E-state index contributed by atoms with van der Waals surface area (Å²) >= 11 is 0. The summed E-state index contributed by atoms with van der Waals surface area (Å²) in [4.78, 5) is 15.1. The topological polar surface area (TPSA) is 72.9 Å². The third-order valence-corrected chi connectivity index (χ3v) is 1.78. The second-order valence-electron chi connectivity index (χ2n) is 3.33. The van der Waals surface area contributed by atoms with Gasteiger partial charge in [-0.1, -0.05) is 0 Å². The first-order valence-electron chi connectivity index (χ1n) is 4.66. The Morgan fingerprint density at radius 2 is 2.50 bits per heavy atom. The lowest BCUT2D eigenvalue weighted by Gasteiger charge is -2.07. The number of nitrogens with two attached hydrogens (primary N) is 1. The molecule has 1 rings (SSSR count). The maximum absolute atomic E-state index is 11.2. The standard InChI is InChI=1S/C9H16N4O/c1-8(10)6-12-9(14)2-4-13-5-3-11-7-13/h3,5,7-8H,2,4,6,10H2,1H3,(H,12,14). The molecule has 0 bridgehead atoms. The molecule has 3 N–H and O–H groups in total. The number of carbonyl (C=O) groups is 1. The Morgan fingerprint density at radius 1 is 1.71 bits per heavy atom. The summed E-state index contributed by atoms with van der Waals surface area (Å²) in [5, 5.41) is 2.75. The zero-order chi connectivity index (χ0) is 10.4. The molecule has 0 saturated carbocycles. The number of imidazole rings is 1. The van der Waals surface area contributed by atoms with E-state index >= 15 is 0 Å². The van der Waals surface area contributed by atoms with Crippen molar-refractivity contribution in [3.8, 4) is 0 Å². The quantitative estimate of drug-likeness (QED) is 0.681. The number of amides is 1. The molecule has 0 aliphatic heterocycles. The average molecular weight is 196 g/mol. The Bertz CT molecular complexity index is 268. The van der Waals surface area contributed by atoms with Crippen LogP contribution >= 0.6 is 0 Å². The maximum Gasteiger partial charge on any atom is 0.221 e. The van der Waals surface area contributed by atoms with Crippen molar-refractivity contribution in [2.24, 2.45) is 5.73 Å². The Kier molecular flexibility index (Phi) is 4.12. The molecule has 0 fully saturated rings. The number of carbonyl (C=O) groups excluding carboxylic acids is 1. The SMILES string of the molecule is CC(N)CNC(=O)CCn1ccnc1. The average Bonchev–Trinajstić information content (AvgIpc) is 2.63. The predicted octanol–water partition coefficient (Wildman–Crippen LogP) is -0.263. The van der Waals surface area contributed by atoms with Crippen LogP contribution in [-0.4, -0.2) is 28.0 Å². The monoisotopic (exact) mass is 196 g/mol. The van der Waals surface area contributed by atoms with Crippen LogP contribution in [0.5, 0.6) is 0 Å². The predicted molar refractivity (Wildman–Crippen MR) is 53.5 cm³/mol. The summed E-state index contributed by atoms with van der Waals surface area (Å²) in [6.45, 7) is 3.05. The molecule has 78 valence electrons. The largest absolute Gasteiger partial charge is 0.355 e. The fraction of sp³-hybridized carbons (Fsp3) is 0.556. The molecular weight excluding hydrogens is 180 g/mol. The molecule has 0 aliphatic carbocycles. The van der Waals surface area contributed by atoms with E-state index in [0.717, 1.165) is 0 Å². The van der Waals surface area contributed by atoms with Crippen LogP contribution in [-0.2, 0) is 11.3 Å². The highest BCUT2D eigenvalue weighted by Crippen LogP contribution is 1.90. The minimum absolute atomic E-state index is 0.00666. The van der Waals surface area contributed by atoms with Crippen molar-refractivity contribution in [2.75, 3.05) is 6.54 Å². The van der Waals surface area contributed by atoms with E-state index in [-0.39, 0.29) is 11.9 Å². The van der Waals surface area contributed by atoms with Crippen LogP contribution in [0.4, 0.5) is 0 Å². The van der Waals surface area contributed by atoms with Gasteiger partial charge in [0.25, 0.3) is 0 Å². The summed E-state index contributed by atoms with van der Waals surface area (Å²) in [6, 6.07) is 0.00666. The molecule has 1 amide bonds. The summed E-state index contributed by atoms with van der Waals surface area (Å²) < 4.78 is 1.87. The van der Waals surface area contributed by atoms with Gasteiger partial charge in [-0.3, -0.25) is 4.79 Å². The normalized spacial score (nSPS) is 12.4. The van der Waals surface area contributed by atoms with Gasteiger partial charge in [-0.25, -0.2) is 4.98 Å². The fourth-order valence-corrected chi connectivity index (χ4v) is 1.01. The summed E-state index contributed by atoms with van der Waals surface area (Å²) in [6.07, 6.45) is 5.68. The van der Waals surface area contributed by atoms with Gasteiger partial charge in [-0.2, -0.15) is 0 Å². The molecule has 14 heavy (non-hydrogen) atoms. The number of nitrogens with one attached hydrogen (secondary N) is 1. The summed E-state index contributed by atoms with van der Waals surface area (Å²) in [5.41, 5.74) is 5.50. The van der Waals surface area contributed by atoms with E-state index in [9.17, 15) is 4.79 Å². The molecule has 0 radical (unpaired) electrons. The summed E-state index contributed by atoms with van der Waals surface area (Å²) in [7, 11) is 0. The van der Waals surface area contributed by atoms with Gasteiger partial charge in [0.05, 0.1) is 6.33 Å². The lowest BCUT2D eigenvalue weighted by Crippen LogP contribution is -2.35. The molecule has 5 nitrogen and oxygen atoms in total. The minimum atomic E-state index is 0.00666. The van der Waals surface area contributed by atoms with E-state index in [1.807, 2.05) is 17.7 Å². The first-order valence-corrected chi connectivity index (χ1v) is 4.66. The van der Waals surface area contributed by atoms with Gasteiger partial charge >= 0.3 is 0 Å². The van der Waals surface area contributed by atoms with Crippen LogP contribution in [0.3, 0.4) is 0 Å². The Labute approximate surface area is 83.3 Å². The zero-order valence-corrected chi connectivity index (χ0v) is 8.31. The molecule has 5 heteroatoms. The Hall–Kier alpha value is -1.36. The van der Waals surface area contributed by atoms with E-state index in [4.69, 9.17) is 5.73 Å². The molecule has 1 unspecified atom stereocenters. The maximum atomic E-state index is 11.2. The second-order valence-corrected chi connectivity index (χ2v) is 3.33. The van der Waals surface area contributed by atoms with Crippen LogP contribution in [0.1, 0.15) is 13.3 Å². The minimum Gasteiger partial charge on any atom is -0.355 e. The third-order valence-electron chi connectivity index (χ3n) is 1.78. The molecule has 0 saturated heterocycles. The van der Waals surface area contributed by atoms with E-state index in [0.29, 0.717) is 19.5 Å². The molecular formula is C9H16N4O. The lowest BCUT2D eigenvalue weighted by atomic mass is 10.3. The van der Waals surface area contributed by atoms with Crippen molar-refractivity contribution in [3.05, 3.63) is 18.7 Å². The highest BCUT2D eigenvalue weighted by molar-refractivity contribution is 5.75. The summed E-state index contributed by atoms with van der Waals surface area (Å²) in [5.74, 6) is 0.0241. The van der Waals surface area contributed by atoms with Crippen LogP contribution < -0.4 is 11.1 Å². The van der Waals surface area contributed by atoms with Gasteiger partial charge in [-0.05, 0) is 6.92 Å². The molecule has 0 spiro atoms. The van der Waals surface area contributed by atoms with Crippen molar-refractivity contribution in [2.45, 2.75) is 25.9 Å². The van der Waals surface area contributed by atoms with E-state index in [2.05, 4.69) is 10.3 Å². The van der Waals surface area contributed by atoms with Crippen molar-refractivity contribution in [1.29, 1.82) is 0 Å². The lowest BCUT2D eigenvalue weighted by molar-refractivity contribution is -0.121. The number of aromatic nitrogens is 2. The van der Waals surface area contributed by atoms with Crippen LogP contribution in [0.2, 0.25) is 0 Å². The van der Waals surface area contributed by atoms with Gasteiger partial charge in [0.2, 0.25) is 5.91 Å². The number of nitrogens with zero attached hydrogens (tertiary/aromatic N) is 2. The van der Waals surface area contributed by atoms with Gasteiger partial charge in [-0.15, -0.1) is 0 Å². The highest BCUT2D eigenvalue weighted by Gasteiger charge is 2.01.